The average molecular weight is 440 g/mol. The molecule has 0 N–H and O–H groups in total. The van der Waals surface area contributed by atoms with E-state index in [1.165, 1.54) is 0 Å². The lowest BCUT2D eigenvalue weighted by molar-refractivity contribution is 0.985. The lowest BCUT2D eigenvalue weighted by Gasteiger charge is -2.40. The first-order valence-corrected chi connectivity index (χ1v) is 14.5. The molecule has 22 heavy (non-hydrogen) atoms. The van der Waals surface area contributed by atoms with Gasteiger partial charge in [0.15, 0.2) is 8.37 Å². The first-order chi connectivity index (χ1) is 10.7. The highest BCUT2D eigenvalue weighted by Crippen LogP contribution is 2.65. The predicted molar refractivity (Wildman–Crippen MR) is 121 cm³/mol. The van der Waals surface area contributed by atoms with Gasteiger partial charge in [-0.25, -0.2) is 0 Å². The average Bonchev–Trinajstić information content (AvgIpc) is 2.49. The molecule has 0 aliphatic carbocycles. The quantitative estimate of drug-likeness (QED) is 0.193. The second-order valence-corrected chi connectivity index (χ2v) is 14.7. The van der Waals surface area contributed by atoms with Crippen LogP contribution in [-0.4, -0.2) is 45.0 Å². The molecule has 0 aliphatic heterocycles. The first kappa shape index (κ1) is 24.4. The van der Waals surface area contributed by atoms with E-state index >= 15 is 0 Å². The lowest BCUT2D eigenvalue weighted by Crippen LogP contribution is -2.20. The van der Waals surface area contributed by atoms with E-state index in [-0.39, 0.29) is 0 Å². The van der Waals surface area contributed by atoms with Crippen LogP contribution in [0, 0.1) is 0 Å². The molecule has 0 amide bonds. The number of nitrogens with zero attached hydrogens (tertiary/aromatic N) is 3. The van der Waals surface area contributed by atoms with Crippen LogP contribution in [-0.2, 0) is 0 Å². The molecule has 0 saturated heterocycles. The third-order valence-corrected chi connectivity index (χ3v) is 12.2. The van der Waals surface area contributed by atoms with Crippen LogP contribution < -0.4 is 0 Å². The Hall–Kier alpha value is 2.41. The molecule has 0 unspecified atom stereocenters. The minimum atomic E-state index is -0.508. The van der Waals surface area contributed by atoms with Gasteiger partial charge < -0.3 is 0 Å². The number of hydrogen-bond acceptors (Lipinski definition) is 9. The van der Waals surface area contributed by atoms with Crippen molar-refractivity contribution in [2.45, 2.75) is 41.5 Å². The molecule has 0 aliphatic rings. The van der Waals surface area contributed by atoms with Crippen LogP contribution in [0.2, 0.25) is 0 Å². The maximum atomic E-state index is 2.55. The molecule has 0 radical (unpaired) electrons. The highest BCUT2D eigenvalue weighted by Gasteiger charge is 2.34. The van der Waals surface area contributed by atoms with Gasteiger partial charge in [-0.1, -0.05) is 113 Å². The van der Waals surface area contributed by atoms with Gasteiger partial charge in [0.2, 0.25) is 0 Å². The number of hydrogen-bond donors (Lipinski definition) is 0. The third kappa shape index (κ3) is 9.78. The molecular weight excluding hydrogens is 410 g/mol. The fraction of sp³-hybridized carbons (Fsp3) is 1.00. The zero-order chi connectivity index (χ0) is 16.8. The van der Waals surface area contributed by atoms with Crippen molar-refractivity contribution < 1.29 is 0 Å². The third-order valence-electron chi connectivity index (χ3n) is 1.88. The molecule has 0 rings (SSSR count). The van der Waals surface area contributed by atoms with Gasteiger partial charge in [0.25, 0.3) is 0 Å². The van der Waals surface area contributed by atoms with Crippen molar-refractivity contribution in [3.8, 4) is 0 Å². The molecule has 134 valence electrons. The summed E-state index contributed by atoms with van der Waals surface area (Å²) < 4.78 is 7.64. The second kappa shape index (κ2) is 16.9. The zero-order valence-electron chi connectivity index (χ0n) is 14.5. The van der Waals surface area contributed by atoms with Gasteiger partial charge in [-0.05, 0) is 0 Å². The maximum Gasteiger partial charge on any atom is 0.183 e. The number of rotatable bonds is 15. The summed E-state index contributed by atoms with van der Waals surface area (Å²) in [5, 5.41) is 0. The lowest BCUT2D eigenvalue weighted by atomic mass is 11.0. The van der Waals surface area contributed by atoms with Crippen LogP contribution in [0.15, 0.2) is 0 Å². The predicted octanol–water partition coefficient (Wildman–Crippen LogP) is 7.13. The van der Waals surface area contributed by atoms with Gasteiger partial charge in [-0.2, -0.15) is 0 Å². The highest BCUT2D eigenvalue weighted by molar-refractivity contribution is 8.27. The molecule has 10 heteroatoms. The summed E-state index contributed by atoms with van der Waals surface area (Å²) in [4.78, 5) is 0. The zero-order valence-corrected chi connectivity index (χ0v) is 20.3. The minimum absolute atomic E-state index is 0.508. The van der Waals surface area contributed by atoms with Crippen molar-refractivity contribution in [1.82, 2.24) is 10.4 Å². The Bertz CT molecular complexity index is 199. The normalized spacial score (nSPS) is 12.3. The van der Waals surface area contributed by atoms with Gasteiger partial charge in [-0.15, -0.1) is 10.4 Å². The Labute approximate surface area is 165 Å². The summed E-state index contributed by atoms with van der Waals surface area (Å²) in [6, 6.07) is 0. The topological polar surface area (TPSA) is 9.72 Å². The monoisotopic (exact) mass is 439 g/mol. The summed E-state index contributed by atoms with van der Waals surface area (Å²) in [5.41, 5.74) is 0. The summed E-state index contributed by atoms with van der Waals surface area (Å²) in [5.74, 6) is 6.72. The molecule has 0 aromatic heterocycles. The van der Waals surface area contributed by atoms with Crippen molar-refractivity contribution >= 4 is 80.1 Å². The second-order valence-electron chi connectivity index (χ2n) is 3.49. The summed E-state index contributed by atoms with van der Waals surface area (Å²) in [6.45, 7) is 13.5. The SMILES string of the molecule is CCSN(SCC)P(N(SCC)SCC)N(SCC)SCC. The van der Waals surface area contributed by atoms with Crippen molar-refractivity contribution in [3.63, 3.8) is 0 Å². The van der Waals surface area contributed by atoms with Crippen molar-refractivity contribution in [3.05, 3.63) is 0 Å². The van der Waals surface area contributed by atoms with Crippen molar-refractivity contribution in [2.24, 2.45) is 0 Å². The maximum absolute atomic E-state index is 2.55. The molecule has 0 fully saturated rings. The van der Waals surface area contributed by atoms with E-state index in [0.29, 0.717) is 0 Å². The Balaban J connectivity index is 5.34. The largest absolute Gasteiger partial charge is 0.183 e. The molecule has 0 aromatic carbocycles. The molecule has 0 spiro atoms. The van der Waals surface area contributed by atoms with E-state index in [4.69, 9.17) is 0 Å². The Morgan fingerprint density at radius 3 is 0.773 bits per heavy atom. The summed E-state index contributed by atoms with van der Waals surface area (Å²) in [7, 11) is -0.508. The molecule has 0 aromatic rings. The Morgan fingerprint density at radius 2 is 0.636 bits per heavy atom. The minimum Gasteiger partial charge on any atom is -0.141 e. The smallest absolute Gasteiger partial charge is 0.141 e. The van der Waals surface area contributed by atoms with E-state index < -0.39 is 8.37 Å². The molecule has 0 heterocycles. The van der Waals surface area contributed by atoms with Crippen LogP contribution in [0.3, 0.4) is 0 Å². The Morgan fingerprint density at radius 1 is 0.455 bits per heavy atom. The van der Waals surface area contributed by atoms with Crippen molar-refractivity contribution in [2.75, 3.05) is 34.5 Å². The Kier molecular flexibility index (Phi) is 18.7. The van der Waals surface area contributed by atoms with E-state index in [0.717, 1.165) is 34.5 Å². The fourth-order valence-electron chi connectivity index (χ4n) is 1.26. The van der Waals surface area contributed by atoms with E-state index in [9.17, 15) is 0 Å². The fourth-order valence-corrected chi connectivity index (χ4v) is 14.6. The standard InChI is InChI=1S/C12H30N3PS6/c1-7-17-13(18-8-2)16(14(19-9-3)20-10-4)15(21-11-5)22-12-6/h7-12H2,1-6H3. The van der Waals surface area contributed by atoms with Crippen molar-refractivity contribution in [1.29, 1.82) is 0 Å². The van der Waals surface area contributed by atoms with Gasteiger partial charge in [0, 0.05) is 34.5 Å². The molecule has 0 bridgehead atoms. The van der Waals surface area contributed by atoms with Gasteiger partial charge >= 0.3 is 0 Å². The molecule has 0 saturated carbocycles. The highest BCUT2D eigenvalue weighted by atomic mass is 32.2. The van der Waals surface area contributed by atoms with Crippen LogP contribution in [0.1, 0.15) is 41.5 Å². The first-order valence-electron chi connectivity index (χ1n) is 7.67. The van der Waals surface area contributed by atoms with Crippen LogP contribution in [0.25, 0.3) is 0 Å². The van der Waals surface area contributed by atoms with E-state index in [2.05, 4.69) is 52.0 Å². The molecule has 3 nitrogen and oxygen atoms in total. The van der Waals surface area contributed by atoms with Crippen LogP contribution >= 0.6 is 80.1 Å². The molecular formula is C12H30N3PS6. The van der Waals surface area contributed by atoms with Gasteiger partial charge in [0.05, 0.1) is 0 Å². The summed E-state index contributed by atoms with van der Waals surface area (Å²) >= 11 is 11.7. The van der Waals surface area contributed by atoms with Gasteiger partial charge in [0.1, 0.15) is 0 Å². The van der Waals surface area contributed by atoms with E-state index in [1.807, 2.05) is 71.7 Å². The van der Waals surface area contributed by atoms with Crippen LogP contribution in [0.4, 0.5) is 0 Å². The van der Waals surface area contributed by atoms with Crippen LogP contribution in [0.5, 0.6) is 0 Å². The molecule has 0 atom stereocenters. The van der Waals surface area contributed by atoms with E-state index in [1.54, 1.807) is 0 Å². The van der Waals surface area contributed by atoms with Gasteiger partial charge in [-0.3, -0.25) is 0 Å². The summed E-state index contributed by atoms with van der Waals surface area (Å²) in [6.07, 6.45) is 0.